The lowest BCUT2D eigenvalue weighted by Gasteiger charge is -2.24. The Bertz CT molecular complexity index is 603. The zero-order valence-corrected chi connectivity index (χ0v) is 13.1. The summed E-state index contributed by atoms with van der Waals surface area (Å²) in [4.78, 5) is 36.6. The van der Waals surface area contributed by atoms with Crippen LogP contribution in [0.25, 0.3) is 0 Å². The van der Waals surface area contributed by atoms with E-state index in [-0.39, 0.29) is 18.7 Å². The normalized spacial score (nSPS) is 14.8. The highest BCUT2D eigenvalue weighted by Crippen LogP contribution is 2.28. The quantitative estimate of drug-likeness (QED) is 0.804. The van der Waals surface area contributed by atoms with Crippen molar-refractivity contribution in [1.82, 2.24) is 4.90 Å². The zero-order chi connectivity index (χ0) is 15.6. The molecule has 1 aliphatic heterocycles. The minimum Gasteiger partial charge on any atom is -0.469 e. The Balaban J connectivity index is 2.18. The van der Waals surface area contributed by atoms with Gasteiger partial charge in [-0.25, -0.2) is 0 Å². The van der Waals surface area contributed by atoms with E-state index in [2.05, 4.69) is 20.7 Å². The molecular formula is C14H15BrN2O4. The van der Waals surface area contributed by atoms with E-state index in [1.165, 1.54) is 12.0 Å². The van der Waals surface area contributed by atoms with Gasteiger partial charge in [0.25, 0.3) is 5.91 Å². The number of nitrogens with two attached hydrogens (primary N) is 1. The number of fused-ring (bicyclic) bond motifs is 1. The summed E-state index contributed by atoms with van der Waals surface area (Å²) in [6.07, 6.45) is 0.191. The molecule has 1 aromatic rings. The number of esters is 1. The monoisotopic (exact) mass is 354 g/mol. The van der Waals surface area contributed by atoms with Crippen molar-refractivity contribution in [3.63, 3.8) is 0 Å². The molecular weight excluding hydrogens is 340 g/mol. The fraction of sp³-hybridized carbons (Fsp3) is 0.357. The van der Waals surface area contributed by atoms with Crippen molar-refractivity contribution in [3.8, 4) is 0 Å². The second-order valence-electron chi connectivity index (χ2n) is 4.77. The number of ether oxygens (including phenoxy) is 1. The Morgan fingerprint density at radius 3 is 2.81 bits per heavy atom. The van der Waals surface area contributed by atoms with E-state index in [0.717, 1.165) is 10.0 Å². The average molecular weight is 355 g/mol. The molecule has 7 heteroatoms. The van der Waals surface area contributed by atoms with Crippen LogP contribution in [0.3, 0.4) is 0 Å². The molecule has 0 spiro atoms. The Kier molecular flexibility index (Phi) is 4.62. The maximum absolute atomic E-state index is 12.4. The number of benzene rings is 1. The molecule has 1 unspecified atom stereocenters. The fourth-order valence-corrected chi connectivity index (χ4v) is 2.78. The van der Waals surface area contributed by atoms with Gasteiger partial charge in [0, 0.05) is 23.0 Å². The molecule has 21 heavy (non-hydrogen) atoms. The van der Waals surface area contributed by atoms with Gasteiger partial charge in [0.15, 0.2) is 0 Å². The van der Waals surface area contributed by atoms with Gasteiger partial charge in [0.05, 0.1) is 7.11 Å². The molecule has 0 fully saturated rings. The van der Waals surface area contributed by atoms with E-state index in [1.807, 2.05) is 6.07 Å². The molecule has 1 atom stereocenters. The minimum absolute atomic E-state index is 0.0356. The highest BCUT2D eigenvalue weighted by atomic mass is 79.9. The Hall–Kier alpha value is -1.89. The lowest BCUT2D eigenvalue weighted by Crippen LogP contribution is -2.45. The zero-order valence-electron chi connectivity index (χ0n) is 11.5. The number of methoxy groups -OCH3 is 1. The minimum atomic E-state index is -0.817. The molecule has 1 aromatic carbocycles. The molecule has 2 N–H and O–H groups in total. The lowest BCUT2D eigenvalue weighted by molar-refractivity contribution is -0.141. The van der Waals surface area contributed by atoms with E-state index >= 15 is 0 Å². The van der Waals surface area contributed by atoms with E-state index in [9.17, 15) is 14.4 Å². The summed E-state index contributed by atoms with van der Waals surface area (Å²) in [5, 5.41) is 0. The van der Waals surface area contributed by atoms with Gasteiger partial charge in [-0.1, -0.05) is 15.9 Å². The van der Waals surface area contributed by atoms with Crippen LogP contribution in [0.4, 0.5) is 0 Å². The average Bonchev–Trinajstić information content (AvgIpc) is 2.75. The van der Waals surface area contributed by atoms with Crippen LogP contribution >= 0.6 is 15.9 Å². The Morgan fingerprint density at radius 1 is 1.48 bits per heavy atom. The van der Waals surface area contributed by atoms with Crippen molar-refractivity contribution < 1.29 is 19.1 Å². The topological polar surface area (TPSA) is 89.7 Å². The summed E-state index contributed by atoms with van der Waals surface area (Å²) < 4.78 is 5.41. The van der Waals surface area contributed by atoms with Crippen LogP contribution in [0.15, 0.2) is 22.7 Å². The summed E-state index contributed by atoms with van der Waals surface area (Å²) in [7, 11) is 1.27. The molecule has 6 nitrogen and oxygen atoms in total. The highest BCUT2D eigenvalue weighted by Gasteiger charge is 2.35. The molecule has 1 aliphatic rings. The largest absolute Gasteiger partial charge is 0.469 e. The second kappa shape index (κ2) is 6.26. The van der Waals surface area contributed by atoms with Crippen LogP contribution in [-0.2, 0) is 20.9 Å². The van der Waals surface area contributed by atoms with Gasteiger partial charge >= 0.3 is 5.97 Å². The molecule has 0 bridgehead atoms. The van der Waals surface area contributed by atoms with Crippen molar-refractivity contribution in [2.75, 3.05) is 7.11 Å². The first-order chi connectivity index (χ1) is 9.93. The van der Waals surface area contributed by atoms with Gasteiger partial charge in [-0.05, 0) is 30.2 Å². The Labute approximate surface area is 130 Å². The number of carbonyl (C=O) groups is 3. The molecule has 0 aromatic heterocycles. The number of nitrogens with zero attached hydrogens (tertiary/aromatic N) is 1. The molecule has 112 valence electrons. The van der Waals surface area contributed by atoms with Gasteiger partial charge in [-0.3, -0.25) is 14.4 Å². The third kappa shape index (κ3) is 3.24. The molecule has 0 saturated heterocycles. The van der Waals surface area contributed by atoms with Gasteiger partial charge in [0.1, 0.15) is 6.04 Å². The van der Waals surface area contributed by atoms with Crippen molar-refractivity contribution >= 4 is 33.7 Å². The molecule has 0 saturated carbocycles. The summed E-state index contributed by atoms with van der Waals surface area (Å²) in [5.74, 6) is -1.31. The van der Waals surface area contributed by atoms with Crippen molar-refractivity contribution in [2.45, 2.75) is 25.4 Å². The summed E-state index contributed by atoms with van der Waals surface area (Å²) in [6.45, 7) is 0.308. The van der Waals surface area contributed by atoms with Gasteiger partial charge in [-0.2, -0.15) is 0 Å². The maximum atomic E-state index is 12.4. The number of carbonyl (C=O) groups excluding carboxylic acids is 3. The number of rotatable bonds is 5. The van der Waals surface area contributed by atoms with E-state index in [0.29, 0.717) is 12.1 Å². The molecule has 1 heterocycles. The number of primary amides is 1. The second-order valence-corrected chi connectivity index (χ2v) is 5.68. The van der Waals surface area contributed by atoms with Crippen LogP contribution in [0.2, 0.25) is 0 Å². The number of amides is 2. The first kappa shape index (κ1) is 15.5. The predicted octanol–water partition coefficient (Wildman–Crippen LogP) is 1.21. The first-order valence-electron chi connectivity index (χ1n) is 6.39. The predicted molar refractivity (Wildman–Crippen MR) is 78.2 cm³/mol. The molecule has 0 aliphatic carbocycles. The Morgan fingerprint density at radius 2 is 2.19 bits per heavy atom. The molecule has 0 radical (unpaired) electrons. The number of hydrogen-bond donors (Lipinski definition) is 1. The van der Waals surface area contributed by atoms with Crippen molar-refractivity contribution in [3.05, 3.63) is 33.8 Å². The SMILES string of the molecule is COC(=O)CCC(C(N)=O)N1Cc2cc(Br)ccc2C1=O. The first-order valence-corrected chi connectivity index (χ1v) is 7.19. The highest BCUT2D eigenvalue weighted by molar-refractivity contribution is 9.10. The van der Waals surface area contributed by atoms with Crippen molar-refractivity contribution in [1.29, 1.82) is 0 Å². The number of hydrogen-bond acceptors (Lipinski definition) is 4. The third-order valence-electron chi connectivity index (χ3n) is 3.45. The van der Waals surface area contributed by atoms with Crippen LogP contribution < -0.4 is 5.73 Å². The van der Waals surface area contributed by atoms with Gasteiger partial charge in [0.2, 0.25) is 5.91 Å². The van der Waals surface area contributed by atoms with Crippen molar-refractivity contribution in [2.24, 2.45) is 5.73 Å². The summed E-state index contributed by atoms with van der Waals surface area (Å²) in [5.41, 5.74) is 6.77. The van der Waals surface area contributed by atoms with Gasteiger partial charge < -0.3 is 15.4 Å². The van der Waals surface area contributed by atoms with Crippen LogP contribution in [0, 0.1) is 0 Å². The molecule has 2 amide bonds. The number of halogens is 1. The van der Waals surface area contributed by atoms with E-state index < -0.39 is 17.9 Å². The fourth-order valence-electron chi connectivity index (χ4n) is 2.37. The van der Waals surface area contributed by atoms with E-state index in [4.69, 9.17) is 5.73 Å². The third-order valence-corrected chi connectivity index (χ3v) is 3.95. The lowest BCUT2D eigenvalue weighted by atomic mass is 10.1. The van der Waals surface area contributed by atoms with Crippen LogP contribution in [-0.4, -0.2) is 35.8 Å². The van der Waals surface area contributed by atoms with E-state index in [1.54, 1.807) is 12.1 Å². The maximum Gasteiger partial charge on any atom is 0.305 e. The smallest absolute Gasteiger partial charge is 0.305 e. The molecule has 2 rings (SSSR count). The standard InChI is InChI=1S/C14H15BrN2O4/c1-21-12(18)5-4-11(13(16)19)17-7-8-6-9(15)2-3-10(8)14(17)20/h2-3,6,11H,4-5,7H2,1H3,(H2,16,19). The van der Waals surface area contributed by atoms with Crippen LogP contribution in [0.5, 0.6) is 0 Å². The van der Waals surface area contributed by atoms with Gasteiger partial charge in [-0.15, -0.1) is 0 Å². The summed E-state index contributed by atoms with van der Waals surface area (Å²) >= 11 is 3.35. The van der Waals surface area contributed by atoms with Crippen LogP contribution in [0.1, 0.15) is 28.8 Å². The summed E-state index contributed by atoms with van der Waals surface area (Å²) in [6, 6.07) is 4.50.